The van der Waals surface area contributed by atoms with Crippen LogP contribution in [0.3, 0.4) is 0 Å². The number of tetrazole rings is 1. The number of benzene rings is 1. The highest BCUT2D eigenvalue weighted by Crippen LogP contribution is 2.30. The SMILES string of the molecule is CCOC(=O)c1sc(Nc2nc(NCc3ccc(-c4nn[nH]n4)cc3)cc(N3CCCC3CO)n2)nc1C. The molecule has 0 radical (unpaired) electrons. The molecule has 0 saturated carbocycles. The molecule has 0 amide bonds. The Bertz CT molecular complexity index is 1380. The third-order valence-electron chi connectivity index (χ3n) is 6.10. The molecule has 0 aliphatic carbocycles. The maximum Gasteiger partial charge on any atom is 0.350 e. The van der Waals surface area contributed by atoms with Crippen LogP contribution in [0.4, 0.5) is 22.7 Å². The van der Waals surface area contributed by atoms with Gasteiger partial charge in [0.1, 0.15) is 16.5 Å². The van der Waals surface area contributed by atoms with E-state index in [1.165, 1.54) is 11.3 Å². The zero-order valence-electron chi connectivity index (χ0n) is 21.0. The van der Waals surface area contributed by atoms with Crippen molar-refractivity contribution in [1.82, 2.24) is 35.6 Å². The molecule has 38 heavy (non-hydrogen) atoms. The highest BCUT2D eigenvalue weighted by molar-refractivity contribution is 7.17. The number of anilines is 4. The van der Waals surface area contributed by atoms with Gasteiger partial charge in [0.25, 0.3) is 0 Å². The number of esters is 1. The molecule has 1 saturated heterocycles. The van der Waals surface area contributed by atoms with E-state index in [4.69, 9.17) is 9.72 Å². The molecule has 14 heteroatoms. The van der Waals surface area contributed by atoms with Crippen LogP contribution in [-0.4, -0.2) is 72.5 Å². The van der Waals surface area contributed by atoms with Crippen molar-refractivity contribution < 1.29 is 14.6 Å². The molecule has 0 bridgehead atoms. The number of ether oxygens (including phenoxy) is 1. The molecule has 4 N–H and O–H groups in total. The van der Waals surface area contributed by atoms with E-state index in [-0.39, 0.29) is 12.6 Å². The number of aliphatic hydroxyl groups excluding tert-OH is 1. The molecular formula is C24H28N10O3S. The summed E-state index contributed by atoms with van der Waals surface area (Å²) < 4.78 is 5.13. The number of hydrogen-bond donors (Lipinski definition) is 4. The maximum atomic E-state index is 12.2. The van der Waals surface area contributed by atoms with Crippen molar-refractivity contribution in [3.8, 4) is 11.4 Å². The van der Waals surface area contributed by atoms with Crippen LogP contribution in [0.1, 0.15) is 40.7 Å². The van der Waals surface area contributed by atoms with Gasteiger partial charge in [-0.2, -0.15) is 15.2 Å². The van der Waals surface area contributed by atoms with Gasteiger partial charge in [-0.05, 0) is 37.5 Å². The predicted octanol–water partition coefficient (Wildman–Crippen LogP) is 2.92. The van der Waals surface area contributed by atoms with E-state index in [1.807, 2.05) is 30.3 Å². The van der Waals surface area contributed by atoms with Gasteiger partial charge in [0.2, 0.25) is 11.8 Å². The topological polar surface area (TPSA) is 167 Å². The van der Waals surface area contributed by atoms with Gasteiger partial charge in [-0.1, -0.05) is 35.6 Å². The van der Waals surface area contributed by atoms with Crippen LogP contribution in [0.5, 0.6) is 0 Å². The highest BCUT2D eigenvalue weighted by Gasteiger charge is 2.26. The Morgan fingerprint density at radius 1 is 1.26 bits per heavy atom. The molecule has 1 aromatic carbocycles. The van der Waals surface area contributed by atoms with Crippen LogP contribution >= 0.6 is 11.3 Å². The molecule has 1 atom stereocenters. The molecule has 0 spiro atoms. The lowest BCUT2D eigenvalue weighted by atomic mass is 10.1. The summed E-state index contributed by atoms with van der Waals surface area (Å²) in [6.45, 7) is 5.19. The molecule has 198 valence electrons. The Hall–Kier alpha value is -4.17. The van der Waals surface area contributed by atoms with Crippen LogP contribution in [0, 0.1) is 6.92 Å². The molecule has 5 rings (SSSR count). The van der Waals surface area contributed by atoms with Crippen molar-refractivity contribution in [2.24, 2.45) is 0 Å². The Balaban J connectivity index is 1.37. The Morgan fingerprint density at radius 3 is 2.84 bits per heavy atom. The third-order valence-corrected chi connectivity index (χ3v) is 7.15. The number of aliphatic hydroxyl groups is 1. The van der Waals surface area contributed by atoms with Crippen molar-refractivity contribution in [1.29, 1.82) is 0 Å². The van der Waals surface area contributed by atoms with E-state index in [0.717, 1.165) is 30.5 Å². The second-order valence-electron chi connectivity index (χ2n) is 8.67. The number of nitrogens with one attached hydrogen (secondary N) is 3. The summed E-state index contributed by atoms with van der Waals surface area (Å²) in [6, 6.07) is 9.71. The maximum absolute atomic E-state index is 12.2. The first kappa shape index (κ1) is 25.5. The molecule has 1 fully saturated rings. The van der Waals surface area contributed by atoms with Crippen LogP contribution in [0.15, 0.2) is 30.3 Å². The van der Waals surface area contributed by atoms with Crippen molar-refractivity contribution in [2.75, 3.05) is 35.3 Å². The monoisotopic (exact) mass is 536 g/mol. The summed E-state index contributed by atoms with van der Waals surface area (Å²) in [7, 11) is 0. The number of aromatic nitrogens is 7. The molecule has 4 aromatic rings. The Kier molecular flexibility index (Phi) is 7.70. The fourth-order valence-corrected chi connectivity index (χ4v) is 5.09. The summed E-state index contributed by atoms with van der Waals surface area (Å²) in [5.41, 5.74) is 2.48. The molecule has 1 aliphatic heterocycles. The van der Waals surface area contributed by atoms with E-state index in [2.05, 4.69) is 46.1 Å². The average Bonchev–Trinajstić information content (AvgIpc) is 3.69. The van der Waals surface area contributed by atoms with Crippen molar-refractivity contribution in [3.63, 3.8) is 0 Å². The Labute approximate surface area is 222 Å². The molecule has 1 aliphatic rings. The number of hydrogen-bond acceptors (Lipinski definition) is 13. The quantitative estimate of drug-likeness (QED) is 0.219. The van der Waals surface area contributed by atoms with Gasteiger partial charge >= 0.3 is 5.97 Å². The Morgan fingerprint density at radius 2 is 2.11 bits per heavy atom. The lowest BCUT2D eigenvalue weighted by Crippen LogP contribution is -2.33. The van der Waals surface area contributed by atoms with Crippen LogP contribution in [0.25, 0.3) is 11.4 Å². The number of carbonyl (C=O) groups excluding carboxylic acids is 1. The van der Waals surface area contributed by atoms with Gasteiger partial charge in [0, 0.05) is 24.7 Å². The minimum absolute atomic E-state index is 0.000749. The van der Waals surface area contributed by atoms with Gasteiger partial charge in [-0.15, -0.1) is 10.2 Å². The standard InChI is InChI=1S/C24H28N10O3S/c1-3-37-22(36)20-14(2)26-24(38-20)29-23-27-18(11-19(28-23)34-10-4-5-17(34)13-35)25-12-15-6-8-16(9-7-15)21-30-32-33-31-21/h6-9,11,17,35H,3-5,10,12-13H2,1-2H3,(H,30,31,32,33)(H2,25,26,27,28,29). The first-order valence-corrected chi connectivity index (χ1v) is 13.1. The van der Waals surface area contributed by atoms with Crippen molar-refractivity contribution in [2.45, 2.75) is 39.3 Å². The van der Waals surface area contributed by atoms with E-state index in [0.29, 0.717) is 52.3 Å². The second-order valence-corrected chi connectivity index (χ2v) is 9.67. The fraction of sp³-hybridized carbons (Fsp3) is 0.375. The lowest BCUT2D eigenvalue weighted by Gasteiger charge is -2.25. The van der Waals surface area contributed by atoms with Crippen LogP contribution in [-0.2, 0) is 11.3 Å². The zero-order valence-corrected chi connectivity index (χ0v) is 21.8. The number of H-pyrrole nitrogens is 1. The smallest absolute Gasteiger partial charge is 0.350 e. The van der Waals surface area contributed by atoms with Gasteiger partial charge in [-0.3, -0.25) is 5.32 Å². The predicted molar refractivity (Wildman–Crippen MR) is 143 cm³/mol. The lowest BCUT2D eigenvalue weighted by molar-refractivity contribution is 0.0531. The summed E-state index contributed by atoms with van der Waals surface area (Å²) >= 11 is 1.19. The molecular weight excluding hydrogens is 508 g/mol. The number of rotatable bonds is 10. The first-order chi connectivity index (χ1) is 18.5. The van der Waals surface area contributed by atoms with Crippen molar-refractivity contribution >= 4 is 40.0 Å². The highest BCUT2D eigenvalue weighted by atomic mass is 32.1. The second kappa shape index (κ2) is 11.5. The van der Waals surface area contributed by atoms with Gasteiger partial charge < -0.3 is 20.1 Å². The van der Waals surface area contributed by atoms with Gasteiger partial charge in [0.15, 0.2) is 5.13 Å². The van der Waals surface area contributed by atoms with Gasteiger partial charge in [-0.25, -0.2) is 9.78 Å². The minimum atomic E-state index is -0.402. The summed E-state index contributed by atoms with van der Waals surface area (Å²) in [4.78, 5) is 28.6. The normalized spacial score (nSPS) is 15.0. The number of carbonyl (C=O) groups is 1. The minimum Gasteiger partial charge on any atom is -0.462 e. The largest absolute Gasteiger partial charge is 0.462 e. The van der Waals surface area contributed by atoms with Gasteiger partial charge in [0.05, 0.1) is 24.9 Å². The summed E-state index contributed by atoms with van der Waals surface area (Å²) in [5.74, 6) is 1.79. The molecule has 13 nitrogen and oxygen atoms in total. The number of thiazole rings is 1. The molecule has 3 aromatic heterocycles. The summed E-state index contributed by atoms with van der Waals surface area (Å²) in [6.07, 6.45) is 1.87. The third kappa shape index (κ3) is 5.70. The molecule has 4 heterocycles. The van der Waals surface area contributed by atoms with Crippen molar-refractivity contribution in [3.05, 3.63) is 46.5 Å². The van der Waals surface area contributed by atoms with E-state index >= 15 is 0 Å². The number of aromatic amines is 1. The average molecular weight is 537 g/mol. The first-order valence-electron chi connectivity index (χ1n) is 12.3. The fourth-order valence-electron chi connectivity index (χ4n) is 4.24. The zero-order chi connectivity index (χ0) is 26.5. The number of nitrogens with zero attached hydrogens (tertiary/aromatic N) is 7. The van der Waals surface area contributed by atoms with E-state index in [9.17, 15) is 9.90 Å². The summed E-state index contributed by atoms with van der Waals surface area (Å²) in [5, 5.41) is 30.9. The van der Waals surface area contributed by atoms with E-state index < -0.39 is 5.97 Å². The number of aryl methyl sites for hydroxylation is 1. The van der Waals surface area contributed by atoms with Crippen LogP contribution in [0.2, 0.25) is 0 Å². The molecule has 1 unspecified atom stereocenters. The van der Waals surface area contributed by atoms with E-state index in [1.54, 1.807) is 13.8 Å². The van der Waals surface area contributed by atoms with Crippen LogP contribution < -0.4 is 15.5 Å².